The molecule has 0 spiro atoms. The van der Waals surface area contributed by atoms with Crippen molar-refractivity contribution < 1.29 is 4.79 Å². The van der Waals surface area contributed by atoms with Crippen molar-refractivity contribution in [3.05, 3.63) is 40.6 Å². The molecule has 0 radical (unpaired) electrons. The quantitative estimate of drug-likeness (QED) is 0.776. The van der Waals surface area contributed by atoms with E-state index in [2.05, 4.69) is 5.32 Å². The molecule has 3 nitrogen and oxygen atoms in total. The summed E-state index contributed by atoms with van der Waals surface area (Å²) in [6, 6.07) is 9.49. The molecular formula is C12H10N2OS2. The van der Waals surface area contributed by atoms with Crippen LogP contribution in [0.3, 0.4) is 0 Å². The van der Waals surface area contributed by atoms with Gasteiger partial charge >= 0.3 is 0 Å². The van der Waals surface area contributed by atoms with E-state index in [0.717, 1.165) is 21.1 Å². The first kappa shape index (κ1) is 10.7. The highest BCUT2D eigenvalue weighted by molar-refractivity contribution is 8.00. The first-order valence-electron chi connectivity index (χ1n) is 5.14. The Labute approximate surface area is 107 Å². The fourth-order valence-corrected chi connectivity index (χ4v) is 3.82. The number of fused-ring (bicyclic) bond motifs is 1. The number of thioether (sulfide) groups is 1. The number of rotatable bonds is 1. The van der Waals surface area contributed by atoms with Gasteiger partial charge in [0.1, 0.15) is 5.25 Å². The zero-order valence-electron chi connectivity index (χ0n) is 8.84. The summed E-state index contributed by atoms with van der Waals surface area (Å²) in [5, 5.41) is 4.74. The topological polar surface area (TPSA) is 55.1 Å². The molecule has 1 aliphatic rings. The largest absolute Gasteiger partial charge is 0.399 e. The molecule has 1 amide bonds. The Bertz CT molecular complexity index is 566. The maximum Gasteiger partial charge on any atom is 0.243 e. The average Bonchev–Trinajstić information content (AvgIpc) is 2.82. The first-order chi connectivity index (χ1) is 8.24. The SMILES string of the molecule is Nc1ccc2c(c1)SC(c1cccs1)C(=O)N2. The van der Waals surface area contributed by atoms with Gasteiger partial charge in [0.05, 0.1) is 5.69 Å². The summed E-state index contributed by atoms with van der Waals surface area (Å²) in [7, 11) is 0. The Morgan fingerprint density at radius 1 is 1.29 bits per heavy atom. The molecule has 1 atom stereocenters. The van der Waals surface area contributed by atoms with Gasteiger partial charge in [-0.25, -0.2) is 0 Å². The molecule has 1 aromatic heterocycles. The number of nitrogen functional groups attached to an aromatic ring is 1. The van der Waals surface area contributed by atoms with Crippen molar-refractivity contribution in [1.29, 1.82) is 0 Å². The first-order valence-corrected chi connectivity index (χ1v) is 6.90. The van der Waals surface area contributed by atoms with Crippen LogP contribution in [0.2, 0.25) is 0 Å². The zero-order valence-corrected chi connectivity index (χ0v) is 10.5. The van der Waals surface area contributed by atoms with E-state index in [1.165, 1.54) is 0 Å². The van der Waals surface area contributed by atoms with E-state index in [-0.39, 0.29) is 11.2 Å². The van der Waals surface area contributed by atoms with E-state index < -0.39 is 0 Å². The average molecular weight is 262 g/mol. The standard InChI is InChI=1S/C12H10N2OS2/c13-7-3-4-8-10(6-7)17-11(12(15)14-8)9-2-1-5-16-9/h1-6,11H,13H2,(H,14,15). The van der Waals surface area contributed by atoms with Gasteiger partial charge in [-0.3, -0.25) is 4.79 Å². The third kappa shape index (κ3) is 1.92. The molecule has 2 heterocycles. The van der Waals surface area contributed by atoms with Crippen molar-refractivity contribution in [3.8, 4) is 0 Å². The molecule has 0 saturated heterocycles. The lowest BCUT2D eigenvalue weighted by Gasteiger charge is -2.23. The van der Waals surface area contributed by atoms with Gasteiger partial charge in [0.15, 0.2) is 0 Å². The molecule has 1 aromatic carbocycles. The molecule has 3 N–H and O–H groups in total. The minimum atomic E-state index is -0.163. The molecule has 5 heteroatoms. The monoisotopic (exact) mass is 262 g/mol. The van der Waals surface area contributed by atoms with Crippen LogP contribution in [0.15, 0.2) is 40.6 Å². The van der Waals surface area contributed by atoms with Gasteiger partial charge in [-0.2, -0.15) is 0 Å². The van der Waals surface area contributed by atoms with Gasteiger partial charge in [-0.15, -0.1) is 23.1 Å². The highest BCUT2D eigenvalue weighted by Crippen LogP contribution is 2.45. The van der Waals surface area contributed by atoms with Gasteiger partial charge in [-0.1, -0.05) is 6.07 Å². The summed E-state index contributed by atoms with van der Waals surface area (Å²) in [4.78, 5) is 14.1. The number of thiophene rings is 1. The number of amides is 1. The lowest BCUT2D eigenvalue weighted by Crippen LogP contribution is -2.22. The zero-order chi connectivity index (χ0) is 11.8. The Balaban J connectivity index is 1.99. The number of carbonyl (C=O) groups excluding carboxylic acids is 1. The second kappa shape index (κ2) is 4.09. The molecule has 3 rings (SSSR count). The van der Waals surface area contributed by atoms with E-state index in [9.17, 15) is 4.79 Å². The van der Waals surface area contributed by atoms with E-state index in [1.54, 1.807) is 29.2 Å². The molecule has 17 heavy (non-hydrogen) atoms. The number of benzene rings is 1. The third-order valence-corrected chi connectivity index (χ3v) is 4.93. The van der Waals surface area contributed by atoms with Gasteiger partial charge in [0, 0.05) is 15.5 Å². The minimum absolute atomic E-state index is 0.0368. The number of nitrogens with two attached hydrogens (primary N) is 1. The van der Waals surface area contributed by atoms with Crippen LogP contribution in [0.25, 0.3) is 0 Å². The number of hydrogen-bond donors (Lipinski definition) is 2. The second-order valence-corrected chi connectivity index (χ2v) is 5.88. The van der Waals surface area contributed by atoms with Crippen LogP contribution in [0, 0.1) is 0 Å². The normalized spacial score (nSPS) is 18.6. The van der Waals surface area contributed by atoms with Crippen LogP contribution in [0.1, 0.15) is 10.1 Å². The van der Waals surface area contributed by atoms with Crippen LogP contribution < -0.4 is 11.1 Å². The number of hydrogen-bond acceptors (Lipinski definition) is 4. The fourth-order valence-electron chi connectivity index (χ4n) is 1.75. The van der Waals surface area contributed by atoms with Crippen molar-refractivity contribution in [2.24, 2.45) is 0 Å². The molecule has 2 aromatic rings. The minimum Gasteiger partial charge on any atom is -0.399 e. The fraction of sp³-hybridized carbons (Fsp3) is 0.0833. The van der Waals surface area contributed by atoms with Crippen molar-refractivity contribution in [1.82, 2.24) is 0 Å². The molecule has 0 fully saturated rings. The van der Waals surface area contributed by atoms with Crippen molar-refractivity contribution in [2.75, 3.05) is 11.1 Å². The maximum atomic E-state index is 12.0. The Morgan fingerprint density at radius 3 is 2.94 bits per heavy atom. The number of carbonyl (C=O) groups is 1. The summed E-state index contributed by atoms with van der Waals surface area (Å²) in [6.45, 7) is 0. The number of nitrogens with one attached hydrogen (secondary N) is 1. The maximum absolute atomic E-state index is 12.0. The smallest absolute Gasteiger partial charge is 0.243 e. The van der Waals surface area contributed by atoms with Crippen molar-refractivity contribution in [3.63, 3.8) is 0 Å². The van der Waals surface area contributed by atoms with Crippen LogP contribution in [-0.4, -0.2) is 5.91 Å². The summed E-state index contributed by atoms with van der Waals surface area (Å²) in [5.74, 6) is 0.0368. The van der Waals surface area contributed by atoms with Gasteiger partial charge in [-0.05, 0) is 29.6 Å². The highest BCUT2D eigenvalue weighted by Gasteiger charge is 2.28. The molecule has 1 unspecified atom stereocenters. The van der Waals surface area contributed by atoms with Crippen LogP contribution in [0.5, 0.6) is 0 Å². The Morgan fingerprint density at radius 2 is 2.18 bits per heavy atom. The lowest BCUT2D eigenvalue weighted by atomic mass is 10.2. The highest BCUT2D eigenvalue weighted by atomic mass is 32.2. The summed E-state index contributed by atoms with van der Waals surface area (Å²) < 4.78 is 0. The second-order valence-electron chi connectivity index (χ2n) is 3.76. The summed E-state index contributed by atoms with van der Waals surface area (Å²) in [6.07, 6.45) is 0. The Hall–Kier alpha value is -1.46. The predicted molar refractivity (Wildman–Crippen MR) is 72.4 cm³/mol. The molecule has 86 valence electrons. The molecule has 0 bridgehead atoms. The lowest BCUT2D eigenvalue weighted by molar-refractivity contribution is -0.115. The van der Waals surface area contributed by atoms with E-state index >= 15 is 0 Å². The third-order valence-electron chi connectivity index (χ3n) is 2.55. The molecule has 0 saturated carbocycles. The molecule has 0 aliphatic carbocycles. The molecule has 1 aliphatic heterocycles. The van der Waals surface area contributed by atoms with Gasteiger partial charge in [0.2, 0.25) is 5.91 Å². The Kier molecular flexibility index (Phi) is 2.57. The van der Waals surface area contributed by atoms with Crippen molar-refractivity contribution >= 4 is 40.4 Å². The van der Waals surface area contributed by atoms with E-state index in [0.29, 0.717) is 0 Å². The van der Waals surface area contributed by atoms with Crippen molar-refractivity contribution in [2.45, 2.75) is 10.1 Å². The van der Waals surface area contributed by atoms with E-state index in [1.807, 2.05) is 29.6 Å². The van der Waals surface area contributed by atoms with Crippen LogP contribution in [0.4, 0.5) is 11.4 Å². The van der Waals surface area contributed by atoms with Crippen LogP contribution >= 0.6 is 23.1 Å². The van der Waals surface area contributed by atoms with Gasteiger partial charge < -0.3 is 11.1 Å². The van der Waals surface area contributed by atoms with E-state index in [4.69, 9.17) is 5.73 Å². The predicted octanol–water partition coefficient (Wildman–Crippen LogP) is 3.12. The summed E-state index contributed by atoms with van der Waals surface area (Å²) in [5.41, 5.74) is 7.33. The van der Waals surface area contributed by atoms with Crippen LogP contribution in [-0.2, 0) is 4.79 Å². The van der Waals surface area contributed by atoms with Gasteiger partial charge in [0.25, 0.3) is 0 Å². The number of anilines is 2. The summed E-state index contributed by atoms with van der Waals surface area (Å²) >= 11 is 3.15. The molecular weight excluding hydrogens is 252 g/mol.